The van der Waals surface area contributed by atoms with Crippen LogP contribution in [0.4, 0.5) is 0 Å². The molecule has 0 amide bonds. The molecule has 0 bridgehead atoms. The SMILES string of the molecule is CC=C[SeH]. The van der Waals surface area contributed by atoms with E-state index in [-0.39, 0.29) is 0 Å². The molecular formula is C3H6Se. The van der Waals surface area contributed by atoms with Crippen LogP contribution in [-0.4, -0.2) is 16.0 Å². The molecule has 4 heavy (non-hydrogen) atoms. The van der Waals surface area contributed by atoms with Gasteiger partial charge in [0.05, 0.1) is 0 Å². The molecule has 0 aliphatic carbocycles. The van der Waals surface area contributed by atoms with Crippen molar-refractivity contribution in [3.63, 3.8) is 0 Å². The molecule has 0 saturated carbocycles. The molecule has 0 nitrogen and oxygen atoms in total. The van der Waals surface area contributed by atoms with Crippen LogP contribution in [0.15, 0.2) is 11.1 Å². The summed E-state index contributed by atoms with van der Waals surface area (Å²) in [4.78, 5) is 1.94. The van der Waals surface area contributed by atoms with Crippen molar-refractivity contribution in [1.29, 1.82) is 0 Å². The quantitative estimate of drug-likeness (QED) is 0.407. The second kappa shape index (κ2) is 3.26. The van der Waals surface area contributed by atoms with Gasteiger partial charge in [-0.25, -0.2) is 0 Å². The zero-order chi connectivity index (χ0) is 3.41. The average Bonchev–Trinajstić information content (AvgIpc) is 1.37. The van der Waals surface area contributed by atoms with Crippen molar-refractivity contribution in [3.05, 3.63) is 11.1 Å². The van der Waals surface area contributed by atoms with Crippen molar-refractivity contribution in [2.45, 2.75) is 6.92 Å². The second-order valence-electron chi connectivity index (χ2n) is 0.482. The summed E-state index contributed by atoms with van der Waals surface area (Å²) in [5, 5.41) is 0. The average molecular weight is 121 g/mol. The first-order chi connectivity index (χ1) is 1.91. The summed E-state index contributed by atoms with van der Waals surface area (Å²) in [6.45, 7) is 1.98. The Hall–Kier alpha value is 0.259. The molecule has 0 unspecified atom stereocenters. The van der Waals surface area contributed by atoms with Gasteiger partial charge in [-0.2, -0.15) is 0 Å². The Bertz CT molecular complexity index is 18.5. The Morgan fingerprint density at radius 2 is 2.00 bits per heavy atom. The zero-order valence-corrected chi connectivity index (χ0v) is 4.48. The van der Waals surface area contributed by atoms with E-state index >= 15 is 0 Å². The first-order valence-electron chi connectivity index (χ1n) is 1.17. The number of allylic oxidation sites excluding steroid dienone is 1. The van der Waals surface area contributed by atoms with Gasteiger partial charge < -0.3 is 0 Å². The summed E-state index contributed by atoms with van der Waals surface area (Å²) < 4.78 is 0. The molecule has 0 spiro atoms. The molecule has 0 aromatic carbocycles. The van der Waals surface area contributed by atoms with E-state index in [1.165, 1.54) is 0 Å². The molecule has 0 fully saturated rings. The summed E-state index contributed by atoms with van der Waals surface area (Å²) in [6.07, 6.45) is 1.97. The third-order valence-corrected chi connectivity index (χ3v) is 0.775. The van der Waals surface area contributed by atoms with Crippen LogP contribution in [0.2, 0.25) is 0 Å². The predicted octanol–water partition coefficient (Wildman–Crippen LogP) is 0.421. The summed E-state index contributed by atoms with van der Waals surface area (Å²) in [7, 11) is 0. The molecule has 0 N–H and O–H groups in total. The van der Waals surface area contributed by atoms with E-state index in [1.54, 1.807) is 0 Å². The third kappa shape index (κ3) is 2.26. The molecule has 0 aliphatic rings. The molecule has 0 rings (SSSR count). The molecule has 0 atom stereocenters. The normalized spacial score (nSPS) is 9.50. The Labute approximate surface area is 34.7 Å². The van der Waals surface area contributed by atoms with Gasteiger partial charge in [-0.15, -0.1) is 0 Å². The Morgan fingerprint density at radius 1 is 1.75 bits per heavy atom. The molecule has 0 aromatic rings. The van der Waals surface area contributed by atoms with E-state index in [9.17, 15) is 0 Å². The van der Waals surface area contributed by atoms with Crippen LogP contribution in [0.3, 0.4) is 0 Å². The predicted molar refractivity (Wildman–Crippen MR) is 22.0 cm³/mol. The molecule has 0 aromatic heterocycles. The minimum absolute atomic E-state index is 1.94. The van der Waals surface area contributed by atoms with Gasteiger partial charge in [-0.1, -0.05) is 0 Å². The summed E-state index contributed by atoms with van der Waals surface area (Å²) in [5.41, 5.74) is 0. The molecule has 0 radical (unpaired) electrons. The third-order valence-electron chi connectivity index (χ3n) is 0.149. The standard InChI is InChI=1S/C3H6Se/c1-2-3-4/h2-4H,1H3. The van der Waals surface area contributed by atoms with Crippen molar-refractivity contribution in [1.82, 2.24) is 0 Å². The molecule has 1 heteroatoms. The topological polar surface area (TPSA) is 0 Å². The Morgan fingerprint density at radius 3 is 2.00 bits per heavy atom. The number of hydrogen-bond donors (Lipinski definition) is 0. The molecule has 0 aliphatic heterocycles. The van der Waals surface area contributed by atoms with E-state index in [0.29, 0.717) is 0 Å². The van der Waals surface area contributed by atoms with E-state index < -0.39 is 0 Å². The van der Waals surface area contributed by atoms with Crippen LogP contribution in [0.1, 0.15) is 6.92 Å². The van der Waals surface area contributed by atoms with Gasteiger partial charge >= 0.3 is 34.0 Å². The van der Waals surface area contributed by atoms with Gasteiger partial charge in [0.25, 0.3) is 0 Å². The van der Waals surface area contributed by atoms with E-state index in [4.69, 9.17) is 0 Å². The maximum absolute atomic E-state index is 2.36. The van der Waals surface area contributed by atoms with Crippen LogP contribution in [0.5, 0.6) is 0 Å². The second-order valence-corrected chi connectivity index (χ2v) is 1.11. The molecular weight excluding hydrogens is 115 g/mol. The number of rotatable bonds is 0. The molecule has 0 saturated heterocycles. The first kappa shape index (κ1) is 4.26. The van der Waals surface area contributed by atoms with Crippen LogP contribution < -0.4 is 0 Å². The van der Waals surface area contributed by atoms with Crippen molar-refractivity contribution in [3.8, 4) is 0 Å². The monoisotopic (exact) mass is 122 g/mol. The molecule has 0 heterocycles. The summed E-state index contributed by atoms with van der Waals surface area (Å²) in [5.74, 6) is 0. The van der Waals surface area contributed by atoms with Crippen LogP contribution in [0.25, 0.3) is 0 Å². The van der Waals surface area contributed by atoms with Gasteiger partial charge in [0.2, 0.25) is 0 Å². The fourth-order valence-corrected chi connectivity index (χ4v) is 0. The van der Waals surface area contributed by atoms with Crippen LogP contribution >= 0.6 is 0 Å². The van der Waals surface area contributed by atoms with Crippen molar-refractivity contribution in [2.75, 3.05) is 0 Å². The van der Waals surface area contributed by atoms with Crippen LogP contribution in [0, 0.1) is 0 Å². The molecule has 24 valence electrons. The van der Waals surface area contributed by atoms with Gasteiger partial charge in [0.15, 0.2) is 0 Å². The van der Waals surface area contributed by atoms with Crippen molar-refractivity contribution in [2.24, 2.45) is 0 Å². The van der Waals surface area contributed by atoms with Crippen molar-refractivity contribution < 1.29 is 0 Å². The minimum atomic E-state index is 1.94. The van der Waals surface area contributed by atoms with E-state index in [0.717, 1.165) is 0 Å². The fourth-order valence-electron chi connectivity index (χ4n) is 0. The Balaban J connectivity index is 2.55. The first-order valence-corrected chi connectivity index (χ1v) is 2.25. The van der Waals surface area contributed by atoms with Gasteiger partial charge in [0.1, 0.15) is 0 Å². The zero-order valence-electron chi connectivity index (χ0n) is 2.60. The van der Waals surface area contributed by atoms with Gasteiger partial charge in [-0.3, -0.25) is 0 Å². The summed E-state index contributed by atoms with van der Waals surface area (Å²) >= 11 is 2.36. The van der Waals surface area contributed by atoms with Crippen molar-refractivity contribution >= 4 is 16.0 Å². The Kier molecular flexibility index (Phi) is 3.47. The van der Waals surface area contributed by atoms with E-state index in [1.807, 2.05) is 18.0 Å². The number of hydrogen-bond acceptors (Lipinski definition) is 0. The summed E-state index contributed by atoms with van der Waals surface area (Å²) in [6, 6.07) is 0. The maximum atomic E-state index is 2.36. The van der Waals surface area contributed by atoms with E-state index in [2.05, 4.69) is 16.0 Å². The van der Waals surface area contributed by atoms with Gasteiger partial charge in [-0.05, 0) is 0 Å². The van der Waals surface area contributed by atoms with Gasteiger partial charge in [0, 0.05) is 0 Å². The van der Waals surface area contributed by atoms with Crippen LogP contribution in [-0.2, 0) is 0 Å². The fraction of sp³-hybridized carbons (Fsp3) is 0.333.